The third-order valence-electron chi connectivity index (χ3n) is 4.56. The lowest BCUT2D eigenvalue weighted by Gasteiger charge is -2.31. The van der Waals surface area contributed by atoms with Gasteiger partial charge in [0.15, 0.2) is 0 Å². The van der Waals surface area contributed by atoms with Crippen LogP contribution in [0.1, 0.15) is 63.1 Å². The fourth-order valence-corrected chi connectivity index (χ4v) is 3.25. The summed E-state index contributed by atoms with van der Waals surface area (Å²) < 4.78 is 0. The van der Waals surface area contributed by atoms with E-state index in [0.29, 0.717) is 6.04 Å². The Morgan fingerprint density at radius 1 is 1.17 bits per heavy atom. The summed E-state index contributed by atoms with van der Waals surface area (Å²) in [5.74, 6) is 0.983. The standard InChI is InChI=1S/C17H27N/c1-4-15-9-11-16(12-10-15)18-14(3)17-8-6-5-7-13(17)2/h5-8,14-16,18H,4,9-12H2,1-3H3/t14-,15?,16?/m1/s1. The topological polar surface area (TPSA) is 12.0 Å². The van der Waals surface area contributed by atoms with Gasteiger partial charge >= 0.3 is 0 Å². The molecule has 1 fully saturated rings. The predicted octanol–water partition coefficient (Wildman–Crippen LogP) is 4.61. The fraction of sp³-hybridized carbons (Fsp3) is 0.647. The Morgan fingerprint density at radius 3 is 2.44 bits per heavy atom. The molecule has 1 saturated carbocycles. The minimum atomic E-state index is 0.481. The second-order valence-corrected chi connectivity index (χ2v) is 5.87. The molecule has 0 unspecified atom stereocenters. The van der Waals surface area contributed by atoms with Crippen LogP contribution in [0.25, 0.3) is 0 Å². The molecule has 100 valence electrons. The zero-order valence-corrected chi connectivity index (χ0v) is 12.1. The molecule has 1 aromatic rings. The zero-order chi connectivity index (χ0) is 13.0. The first kappa shape index (κ1) is 13.6. The average molecular weight is 245 g/mol. The van der Waals surface area contributed by atoms with Gasteiger partial charge in [-0.2, -0.15) is 0 Å². The first-order valence-electron chi connectivity index (χ1n) is 7.52. The minimum absolute atomic E-state index is 0.481. The highest BCUT2D eigenvalue weighted by molar-refractivity contribution is 5.28. The number of nitrogens with one attached hydrogen (secondary N) is 1. The largest absolute Gasteiger partial charge is 0.307 e. The Kier molecular flexibility index (Phi) is 4.82. The summed E-state index contributed by atoms with van der Waals surface area (Å²) in [5.41, 5.74) is 2.86. The molecule has 1 aromatic carbocycles. The smallest absolute Gasteiger partial charge is 0.0296 e. The second kappa shape index (κ2) is 6.38. The highest BCUT2D eigenvalue weighted by Crippen LogP contribution is 2.28. The van der Waals surface area contributed by atoms with Crippen molar-refractivity contribution < 1.29 is 0 Å². The van der Waals surface area contributed by atoms with Crippen molar-refractivity contribution in [2.45, 2.75) is 65.0 Å². The van der Waals surface area contributed by atoms with Gasteiger partial charge in [-0.05, 0) is 56.6 Å². The average Bonchev–Trinajstić information content (AvgIpc) is 2.40. The normalized spacial score (nSPS) is 25.9. The number of rotatable bonds is 4. The van der Waals surface area contributed by atoms with Crippen molar-refractivity contribution in [3.63, 3.8) is 0 Å². The van der Waals surface area contributed by atoms with Crippen molar-refractivity contribution in [3.05, 3.63) is 35.4 Å². The number of hydrogen-bond acceptors (Lipinski definition) is 1. The van der Waals surface area contributed by atoms with Crippen LogP contribution in [-0.4, -0.2) is 6.04 Å². The Morgan fingerprint density at radius 2 is 1.83 bits per heavy atom. The van der Waals surface area contributed by atoms with Gasteiger partial charge in [0.25, 0.3) is 0 Å². The summed E-state index contributed by atoms with van der Waals surface area (Å²) in [6.45, 7) is 6.84. The number of hydrogen-bond donors (Lipinski definition) is 1. The first-order chi connectivity index (χ1) is 8.70. The lowest BCUT2D eigenvalue weighted by atomic mass is 9.84. The van der Waals surface area contributed by atoms with E-state index in [-0.39, 0.29) is 0 Å². The molecule has 0 amide bonds. The monoisotopic (exact) mass is 245 g/mol. The van der Waals surface area contributed by atoms with Crippen molar-refractivity contribution in [3.8, 4) is 0 Å². The van der Waals surface area contributed by atoms with Crippen LogP contribution in [-0.2, 0) is 0 Å². The maximum absolute atomic E-state index is 3.82. The zero-order valence-electron chi connectivity index (χ0n) is 12.1. The van der Waals surface area contributed by atoms with Crippen LogP contribution in [0.4, 0.5) is 0 Å². The highest BCUT2D eigenvalue weighted by atomic mass is 14.9. The molecule has 1 aliphatic carbocycles. The van der Waals surface area contributed by atoms with Gasteiger partial charge in [0.2, 0.25) is 0 Å². The van der Waals surface area contributed by atoms with E-state index in [1.54, 1.807) is 0 Å². The molecule has 1 nitrogen and oxygen atoms in total. The molecule has 1 atom stereocenters. The van der Waals surface area contributed by atoms with E-state index < -0.39 is 0 Å². The van der Waals surface area contributed by atoms with E-state index in [1.807, 2.05) is 0 Å². The summed E-state index contributed by atoms with van der Waals surface area (Å²) in [7, 11) is 0. The molecule has 0 aliphatic heterocycles. The molecule has 18 heavy (non-hydrogen) atoms. The van der Waals surface area contributed by atoms with Crippen LogP contribution in [0.15, 0.2) is 24.3 Å². The van der Waals surface area contributed by atoms with E-state index in [9.17, 15) is 0 Å². The van der Waals surface area contributed by atoms with E-state index in [0.717, 1.165) is 12.0 Å². The summed E-state index contributed by atoms with van der Waals surface area (Å²) in [6.07, 6.45) is 6.90. The predicted molar refractivity (Wildman–Crippen MR) is 78.8 cm³/mol. The van der Waals surface area contributed by atoms with Gasteiger partial charge < -0.3 is 5.32 Å². The number of benzene rings is 1. The summed E-state index contributed by atoms with van der Waals surface area (Å²) in [6, 6.07) is 9.94. The van der Waals surface area contributed by atoms with Gasteiger partial charge in [-0.3, -0.25) is 0 Å². The third-order valence-corrected chi connectivity index (χ3v) is 4.56. The van der Waals surface area contributed by atoms with Crippen molar-refractivity contribution in [2.75, 3.05) is 0 Å². The summed E-state index contributed by atoms with van der Waals surface area (Å²) in [4.78, 5) is 0. The van der Waals surface area contributed by atoms with Gasteiger partial charge in [-0.1, -0.05) is 37.6 Å². The Hall–Kier alpha value is -0.820. The summed E-state index contributed by atoms with van der Waals surface area (Å²) in [5, 5.41) is 3.82. The molecule has 0 saturated heterocycles. The lowest BCUT2D eigenvalue weighted by Crippen LogP contribution is -2.35. The molecule has 2 rings (SSSR count). The van der Waals surface area contributed by atoms with Gasteiger partial charge in [-0.25, -0.2) is 0 Å². The molecule has 1 N–H and O–H groups in total. The molecular weight excluding hydrogens is 218 g/mol. The lowest BCUT2D eigenvalue weighted by molar-refractivity contribution is 0.273. The van der Waals surface area contributed by atoms with Crippen molar-refractivity contribution >= 4 is 0 Å². The third kappa shape index (κ3) is 3.35. The SMILES string of the molecule is CCC1CCC(N[C@H](C)c2ccccc2C)CC1. The van der Waals surface area contributed by atoms with E-state index in [2.05, 4.69) is 50.4 Å². The fourth-order valence-electron chi connectivity index (χ4n) is 3.25. The summed E-state index contributed by atoms with van der Waals surface area (Å²) >= 11 is 0. The number of aryl methyl sites for hydroxylation is 1. The molecule has 1 aliphatic rings. The molecule has 0 heterocycles. The van der Waals surface area contributed by atoms with E-state index in [4.69, 9.17) is 0 Å². The molecule has 0 aromatic heterocycles. The molecule has 0 bridgehead atoms. The maximum atomic E-state index is 3.82. The molecule has 0 spiro atoms. The Balaban J connectivity index is 1.89. The second-order valence-electron chi connectivity index (χ2n) is 5.87. The highest BCUT2D eigenvalue weighted by Gasteiger charge is 2.21. The Bertz CT molecular complexity index is 364. The van der Waals surface area contributed by atoms with Gasteiger partial charge in [0, 0.05) is 12.1 Å². The van der Waals surface area contributed by atoms with E-state index in [1.165, 1.54) is 43.2 Å². The molecule has 1 heteroatoms. The van der Waals surface area contributed by atoms with Gasteiger partial charge in [0.1, 0.15) is 0 Å². The van der Waals surface area contributed by atoms with Crippen LogP contribution < -0.4 is 5.32 Å². The van der Waals surface area contributed by atoms with Crippen LogP contribution in [0.5, 0.6) is 0 Å². The maximum Gasteiger partial charge on any atom is 0.0296 e. The Labute approximate surface area is 112 Å². The van der Waals surface area contributed by atoms with Crippen molar-refractivity contribution in [1.82, 2.24) is 5.32 Å². The van der Waals surface area contributed by atoms with Crippen LogP contribution in [0, 0.1) is 12.8 Å². The molecule has 0 radical (unpaired) electrons. The minimum Gasteiger partial charge on any atom is -0.307 e. The van der Waals surface area contributed by atoms with Crippen molar-refractivity contribution in [2.24, 2.45) is 5.92 Å². The van der Waals surface area contributed by atoms with Gasteiger partial charge in [0.05, 0.1) is 0 Å². The van der Waals surface area contributed by atoms with Crippen molar-refractivity contribution in [1.29, 1.82) is 0 Å². The van der Waals surface area contributed by atoms with Gasteiger partial charge in [-0.15, -0.1) is 0 Å². The first-order valence-corrected chi connectivity index (χ1v) is 7.52. The van der Waals surface area contributed by atoms with Crippen LogP contribution in [0.3, 0.4) is 0 Å². The van der Waals surface area contributed by atoms with E-state index >= 15 is 0 Å². The van der Waals surface area contributed by atoms with Crippen LogP contribution >= 0.6 is 0 Å². The van der Waals surface area contributed by atoms with Crippen LogP contribution in [0.2, 0.25) is 0 Å². The molecular formula is C17H27N. The quantitative estimate of drug-likeness (QED) is 0.816.